The third-order valence-corrected chi connectivity index (χ3v) is 8.05. The van der Waals surface area contributed by atoms with E-state index in [2.05, 4.69) is 11.6 Å². The van der Waals surface area contributed by atoms with Crippen molar-refractivity contribution in [3.8, 4) is 11.5 Å². The van der Waals surface area contributed by atoms with E-state index in [0.717, 1.165) is 10.5 Å². The van der Waals surface area contributed by atoms with Crippen LogP contribution < -0.4 is 14.4 Å². The van der Waals surface area contributed by atoms with Gasteiger partial charge < -0.3 is 24.2 Å². The molecule has 14 heteroatoms. The summed E-state index contributed by atoms with van der Waals surface area (Å²) in [5, 5.41) is 22.5. The molecule has 0 aliphatic carbocycles. The van der Waals surface area contributed by atoms with E-state index in [-0.39, 0.29) is 41.7 Å². The minimum Gasteiger partial charge on any atom is -0.493 e. The van der Waals surface area contributed by atoms with Crippen molar-refractivity contribution in [1.29, 1.82) is 0 Å². The van der Waals surface area contributed by atoms with Crippen LogP contribution in [0.5, 0.6) is 11.5 Å². The zero-order valence-corrected chi connectivity index (χ0v) is 21.6. The number of nitro groups is 1. The van der Waals surface area contributed by atoms with Gasteiger partial charge in [-0.2, -0.15) is 0 Å². The second-order valence-electron chi connectivity index (χ2n) is 8.09. The highest BCUT2D eigenvalue weighted by Gasteiger charge is 2.46. The number of ether oxygens (including phenoxy) is 3. The number of hydrogen-bond acceptors (Lipinski definition) is 11. The maximum atomic E-state index is 13.4. The largest absolute Gasteiger partial charge is 0.493 e. The number of nitrogens with zero attached hydrogens (tertiary/aromatic N) is 4. The number of anilines is 1. The van der Waals surface area contributed by atoms with E-state index < -0.39 is 23.3 Å². The van der Waals surface area contributed by atoms with Gasteiger partial charge in [0.2, 0.25) is 0 Å². The van der Waals surface area contributed by atoms with Crippen molar-refractivity contribution in [3.05, 3.63) is 58.3 Å². The van der Waals surface area contributed by atoms with E-state index in [4.69, 9.17) is 14.2 Å². The van der Waals surface area contributed by atoms with Crippen LogP contribution in [0.4, 0.5) is 16.2 Å². The number of hydrogen-bond donors (Lipinski definition) is 1. The van der Waals surface area contributed by atoms with E-state index in [9.17, 15) is 24.8 Å². The molecule has 1 aromatic carbocycles. The Hall–Kier alpha value is -3.49. The van der Waals surface area contributed by atoms with Crippen molar-refractivity contribution in [2.45, 2.75) is 23.7 Å². The Morgan fingerprint density at radius 2 is 2.03 bits per heavy atom. The maximum absolute atomic E-state index is 13.4. The number of aromatic nitrogens is 1. The minimum absolute atomic E-state index is 0.00433. The van der Waals surface area contributed by atoms with Gasteiger partial charge in [-0.25, -0.2) is 14.7 Å². The Kier molecular flexibility index (Phi) is 8.10. The molecule has 2 amide bonds. The van der Waals surface area contributed by atoms with Gasteiger partial charge in [0.05, 0.1) is 36.4 Å². The Labute approximate surface area is 220 Å². The summed E-state index contributed by atoms with van der Waals surface area (Å²) in [6.45, 7) is 4.22. The first-order valence-corrected chi connectivity index (χ1v) is 13.3. The molecule has 0 saturated carbocycles. The monoisotopic (exact) mass is 548 g/mol. The maximum Gasteiger partial charge on any atom is 0.416 e. The summed E-state index contributed by atoms with van der Waals surface area (Å²) in [6, 6.07) is 5.16. The average molecular weight is 549 g/mol. The highest BCUT2D eigenvalue weighted by molar-refractivity contribution is 8.76. The van der Waals surface area contributed by atoms with Gasteiger partial charge in [-0.05, 0) is 29.3 Å². The number of fused-ring (bicyclic) bond motifs is 2. The van der Waals surface area contributed by atoms with Crippen molar-refractivity contribution >= 4 is 45.0 Å². The van der Waals surface area contributed by atoms with E-state index in [1.807, 2.05) is 0 Å². The Bertz CT molecular complexity index is 1230. The van der Waals surface area contributed by atoms with E-state index in [1.54, 1.807) is 0 Å². The molecule has 1 N–H and O–H groups in total. The first kappa shape index (κ1) is 26.6. The Morgan fingerprint density at radius 1 is 1.30 bits per heavy atom. The first-order chi connectivity index (χ1) is 17.7. The third kappa shape index (κ3) is 5.45. The normalized spacial score (nSPS) is 18.7. The van der Waals surface area contributed by atoms with Crippen LogP contribution in [0.2, 0.25) is 0 Å². The fraction of sp³-hybridized carbons (Fsp3) is 0.348. The Balaban J connectivity index is 1.49. The molecule has 2 aliphatic heterocycles. The topological polar surface area (TPSA) is 145 Å². The molecule has 1 aromatic heterocycles. The summed E-state index contributed by atoms with van der Waals surface area (Å²) in [6.07, 6.45) is -0.686. The number of amides is 2. The van der Waals surface area contributed by atoms with Crippen LogP contribution in [0.3, 0.4) is 0 Å². The van der Waals surface area contributed by atoms with Gasteiger partial charge >= 0.3 is 6.09 Å². The van der Waals surface area contributed by atoms with E-state index in [1.165, 1.54) is 71.2 Å². The van der Waals surface area contributed by atoms with Crippen LogP contribution in [0, 0.1) is 10.1 Å². The lowest BCUT2D eigenvalue weighted by Crippen LogP contribution is -2.51. The van der Waals surface area contributed by atoms with Crippen molar-refractivity contribution in [3.63, 3.8) is 0 Å². The van der Waals surface area contributed by atoms with Gasteiger partial charge in [-0.1, -0.05) is 22.9 Å². The number of benzene rings is 1. The predicted molar refractivity (Wildman–Crippen MR) is 137 cm³/mol. The minimum atomic E-state index is -1.37. The summed E-state index contributed by atoms with van der Waals surface area (Å²) in [5.41, 5.74) is 0.983. The molecule has 2 aromatic rings. The summed E-state index contributed by atoms with van der Waals surface area (Å²) >= 11 is 0. The van der Waals surface area contributed by atoms with Gasteiger partial charge in [0.25, 0.3) is 11.6 Å². The average Bonchev–Trinajstić information content (AvgIpc) is 3.26. The highest BCUT2D eigenvalue weighted by atomic mass is 33.1. The van der Waals surface area contributed by atoms with Crippen molar-refractivity contribution < 1.29 is 33.8 Å². The first-order valence-electron chi connectivity index (χ1n) is 11.0. The fourth-order valence-electron chi connectivity index (χ4n) is 4.10. The number of methoxy groups -OCH3 is 2. The number of rotatable bonds is 8. The van der Waals surface area contributed by atoms with Crippen LogP contribution in [0.1, 0.15) is 16.8 Å². The van der Waals surface area contributed by atoms with Crippen LogP contribution in [0.25, 0.3) is 0 Å². The molecule has 1 fully saturated rings. The number of pyridine rings is 1. The highest BCUT2D eigenvalue weighted by Crippen LogP contribution is 2.41. The van der Waals surface area contributed by atoms with Gasteiger partial charge in [0.1, 0.15) is 17.8 Å². The fourth-order valence-corrected chi connectivity index (χ4v) is 5.78. The number of aliphatic hydroxyl groups is 1. The zero-order chi connectivity index (χ0) is 26.7. The summed E-state index contributed by atoms with van der Waals surface area (Å²) in [7, 11) is 5.49. The second kappa shape index (κ2) is 11.3. The molecule has 4 rings (SSSR count). The molecular weight excluding hydrogens is 524 g/mol. The molecule has 196 valence electrons. The molecular formula is C23H24N4O8S2. The lowest BCUT2D eigenvalue weighted by molar-refractivity contribution is -0.385. The quantitative estimate of drug-likeness (QED) is 0.170. The van der Waals surface area contributed by atoms with Gasteiger partial charge in [0.15, 0.2) is 17.7 Å². The Morgan fingerprint density at radius 3 is 2.68 bits per heavy atom. The molecule has 0 radical (unpaired) electrons. The molecule has 1 saturated heterocycles. The molecule has 37 heavy (non-hydrogen) atoms. The SMILES string of the molecule is C=C1C[C@H]2[C@H](O)N(C(=O)OCCSSc3ccc([N+](=O)[O-])cn3)c3cc(OC)c(OC)cc3C(=O)N2C1. The van der Waals surface area contributed by atoms with Crippen molar-refractivity contribution in [2.24, 2.45) is 0 Å². The molecule has 0 spiro atoms. The number of carbonyl (C=O) groups excluding carboxylic acids is 2. The lowest BCUT2D eigenvalue weighted by atomic mass is 10.1. The third-order valence-electron chi connectivity index (χ3n) is 5.82. The lowest BCUT2D eigenvalue weighted by Gasteiger charge is -2.31. The second-order valence-corrected chi connectivity index (χ2v) is 10.5. The molecule has 0 bridgehead atoms. The molecule has 12 nitrogen and oxygen atoms in total. The van der Waals surface area contributed by atoms with Crippen LogP contribution in [-0.2, 0) is 4.74 Å². The molecule has 2 aliphatic rings. The summed E-state index contributed by atoms with van der Waals surface area (Å²) in [4.78, 5) is 43.4. The van der Waals surface area contributed by atoms with Gasteiger partial charge in [0, 0.05) is 24.4 Å². The van der Waals surface area contributed by atoms with Crippen LogP contribution in [0.15, 0.2) is 47.6 Å². The standard InChI is InChI=1S/C23H24N4O8S2/c1-13-8-17-22(29)26(16-10-19(34-3)18(33-2)9-15(16)21(28)25(17)12-13)23(30)35-6-7-36-37-20-5-4-14(11-24-20)27(31)32/h4-5,9-11,17,22,29H,1,6-8,12H2,2-3H3/t17-,22-/m0/s1. The van der Waals surface area contributed by atoms with Crippen molar-refractivity contribution in [1.82, 2.24) is 9.88 Å². The smallest absolute Gasteiger partial charge is 0.416 e. The predicted octanol–water partition coefficient (Wildman–Crippen LogP) is 3.49. The molecule has 3 heterocycles. The van der Waals surface area contributed by atoms with Crippen molar-refractivity contribution in [2.75, 3.05) is 38.0 Å². The number of aliphatic hydroxyl groups excluding tert-OH is 1. The molecule has 2 atom stereocenters. The summed E-state index contributed by atoms with van der Waals surface area (Å²) in [5.74, 6) is 0.607. The van der Waals surface area contributed by atoms with Crippen LogP contribution in [-0.4, -0.2) is 77.3 Å². The zero-order valence-electron chi connectivity index (χ0n) is 20.0. The van der Waals surface area contributed by atoms with Gasteiger partial charge in [-0.15, -0.1) is 0 Å². The van der Waals surface area contributed by atoms with E-state index in [0.29, 0.717) is 22.9 Å². The van der Waals surface area contributed by atoms with E-state index >= 15 is 0 Å². The molecule has 0 unspecified atom stereocenters. The van der Waals surface area contributed by atoms with Gasteiger partial charge in [-0.3, -0.25) is 14.9 Å². The number of carbonyl (C=O) groups is 2. The summed E-state index contributed by atoms with van der Waals surface area (Å²) < 4.78 is 16.1. The van der Waals surface area contributed by atoms with Crippen LogP contribution >= 0.6 is 21.6 Å².